The third-order valence-corrected chi connectivity index (χ3v) is 3.42. The molecule has 112 valence electrons. The fraction of sp³-hybridized carbons (Fsp3) is 0.188. The minimum Gasteiger partial charge on any atom is -0.480 e. The van der Waals surface area contributed by atoms with Gasteiger partial charge in [0.05, 0.1) is 23.9 Å². The average Bonchev–Trinajstić information content (AvgIpc) is 3.13. The van der Waals surface area contributed by atoms with Crippen LogP contribution in [0.5, 0.6) is 0 Å². The standard InChI is InChI=1S/C16H16N4O2/c1-2-20-9-13(8-18-20)16-15(12-6-4-3-5-7-12)17-11-19(16)10-14(21)22/h3-9,11H,2,10H2,1H3,(H,21,22). The molecule has 1 N–H and O–H groups in total. The lowest BCUT2D eigenvalue weighted by atomic mass is 10.1. The van der Waals surface area contributed by atoms with Gasteiger partial charge in [-0.1, -0.05) is 30.3 Å². The molecule has 0 bridgehead atoms. The third-order valence-electron chi connectivity index (χ3n) is 3.42. The highest BCUT2D eigenvalue weighted by Gasteiger charge is 2.17. The number of carboxylic acids is 1. The number of aromatic nitrogens is 4. The summed E-state index contributed by atoms with van der Waals surface area (Å²) in [5.41, 5.74) is 3.34. The van der Waals surface area contributed by atoms with Crippen molar-refractivity contribution in [1.82, 2.24) is 19.3 Å². The number of carbonyl (C=O) groups is 1. The number of imidazole rings is 1. The first-order chi connectivity index (χ1) is 10.7. The highest BCUT2D eigenvalue weighted by Crippen LogP contribution is 2.30. The average molecular weight is 296 g/mol. The van der Waals surface area contributed by atoms with Crippen molar-refractivity contribution in [3.63, 3.8) is 0 Å². The number of carboxylic acid groups (broad SMARTS) is 1. The van der Waals surface area contributed by atoms with Crippen molar-refractivity contribution in [3.05, 3.63) is 49.1 Å². The fourth-order valence-corrected chi connectivity index (χ4v) is 2.42. The van der Waals surface area contributed by atoms with Crippen LogP contribution in [0.3, 0.4) is 0 Å². The van der Waals surface area contributed by atoms with Crippen LogP contribution in [0.25, 0.3) is 22.5 Å². The Kier molecular flexibility index (Phi) is 3.74. The molecule has 2 aromatic heterocycles. The number of hydrogen-bond donors (Lipinski definition) is 1. The highest BCUT2D eigenvalue weighted by atomic mass is 16.4. The molecule has 6 nitrogen and oxygen atoms in total. The molecule has 0 saturated heterocycles. The molecule has 0 unspecified atom stereocenters. The molecule has 0 radical (unpaired) electrons. The van der Waals surface area contributed by atoms with Crippen molar-refractivity contribution < 1.29 is 9.90 Å². The molecule has 3 aromatic rings. The largest absolute Gasteiger partial charge is 0.480 e. The second kappa shape index (κ2) is 5.85. The van der Waals surface area contributed by atoms with Crippen LogP contribution in [-0.2, 0) is 17.9 Å². The zero-order valence-electron chi connectivity index (χ0n) is 12.2. The molecule has 3 rings (SSSR count). The molecule has 6 heteroatoms. The monoisotopic (exact) mass is 296 g/mol. The first kappa shape index (κ1) is 14.1. The number of aliphatic carboxylic acids is 1. The van der Waals surface area contributed by atoms with E-state index in [-0.39, 0.29) is 6.54 Å². The number of hydrogen-bond acceptors (Lipinski definition) is 3. The predicted molar refractivity (Wildman–Crippen MR) is 82.2 cm³/mol. The minimum atomic E-state index is -0.902. The maximum atomic E-state index is 11.1. The Labute approximate surface area is 127 Å². The van der Waals surface area contributed by atoms with E-state index in [1.165, 1.54) is 0 Å². The summed E-state index contributed by atoms with van der Waals surface area (Å²) < 4.78 is 3.45. The van der Waals surface area contributed by atoms with E-state index in [0.29, 0.717) is 0 Å². The van der Waals surface area contributed by atoms with Crippen LogP contribution in [0, 0.1) is 0 Å². The molecule has 1 aromatic carbocycles. The molecular weight excluding hydrogens is 280 g/mol. The Morgan fingerprint density at radius 2 is 2.00 bits per heavy atom. The van der Waals surface area contributed by atoms with Crippen LogP contribution < -0.4 is 0 Å². The molecule has 2 heterocycles. The van der Waals surface area contributed by atoms with Crippen LogP contribution in [0.4, 0.5) is 0 Å². The SMILES string of the molecule is CCn1cc(-c2c(-c3ccccc3)ncn2CC(=O)O)cn1. The second-order valence-electron chi connectivity index (χ2n) is 4.91. The molecule has 0 amide bonds. The lowest BCUT2D eigenvalue weighted by Gasteiger charge is -2.06. The van der Waals surface area contributed by atoms with Gasteiger partial charge >= 0.3 is 5.97 Å². The van der Waals surface area contributed by atoms with Crippen LogP contribution in [0.15, 0.2) is 49.1 Å². The molecule has 0 fully saturated rings. The van der Waals surface area contributed by atoms with E-state index in [0.717, 1.165) is 29.1 Å². The smallest absolute Gasteiger partial charge is 0.323 e. The molecule has 0 aliphatic rings. The quantitative estimate of drug-likeness (QED) is 0.785. The van der Waals surface area contributed by atoms with E-state index < -0.39 is 5.97 Å². The van der Waals surface area contributed by atoms with Crippen LogP contribution in [0.2, 0.25) is 0 Å². The normalized spacial score (nSPS) is 10.8. The van der Waals surface area contributed by atoms with Gasteiger partial charge in [0.1, 0.15) is 6.54 Å². The van der Waals surface area contributed by atoms with Crippen molar-refractivity contribution in [1.29, 1.82) is 0 Å². The Hall–Kier alpha value is -2.89. The Morgan fingerprint density at radius 3 is 2.64 bits per heavy atom. The minimum absolute atomic E-state index is 0.132. The Balaban J connectivity index is 2.15. The van der Waals surface area contributed by atoms with Crippen molar-refractivity contribution in [2.24, 2.45) is 0 Å². The number of aryl methyl sites for hydroxylation is 1. The van der Waals surface area contributed by atoms with Gasteiger partial charge in [0.2, 0.25) is 0 Å². The summed E-state index contributed by atoms with van der Waals surface area (Å²) in [6.45, 7) is 2.63. The van der Waals surface area contributed by atoms with Gasteiger partial charge in [0, 0.05) is 23.9 Å². The molecule has 0 saturated carbocycles. The summed E-state index contributed by atoms with van der Waals surface area (Å²) in [4.78, 5) is 15.5. The Morgan fingerprint density at radius 1 is 1.23 bits per heavy atom. The van der Waals surface area contributed by atoms with Gasteiger partial charge in [-0.05, 0) is 6.92 Å². The molecule has 22 heavy (non-hydrogen) atoms. The predicted octanol–water partition coefficient (Wildman–Crippen LogP) is 2.52. The summed E-state index contributed by atoms with van der Waals surface area (Å²) in [7, 11) is 0. The molecule has 0 atom stereocenters. The van der Waals surface area contributed by atoms with Gasteiger partial charge in [-0.25, -0.2) is 4.98 Å². The lowest BCUT2D eigenvalue weighted by Crippen LogP contribution is -2.08. The zero-order chi connectivity index (χ0) is 15.5. The van der Waals surface area contributed by atoms with E-state index in [4.69, 9.17) is 5.11 Å². The van der Waals surface area contributed by atoms with Gasteiger partial charge in [0.15, 0.2) is 0 Å². The highest BCUT2D eigenvalue weighted by molar-refractivity contribution is 5.79. The van der Waals surface area contributed by atoms with Gasteiger partial charge in [-0.15, -0.1) is 0 Å². The summed E-state index contributed by atoms with van der Waals surface area (Å²) in [5, 5.41) is 13.4. The lowest BCUT2D eigenvalue weighted by molar-refractivity contribution is -0.137. The van der Waals surface area contributed by atoms with Crippen molar-refractivity contribution >= 4 is 5.97 Å². The zero-order valence-corrected chi connectivity index (χ0v) is 12.2. The van der Waals surface area contributed by atoms with Gasteiger partial charge in [-0.2, -0.15) is 5.10 Å². The van der Waals surface area contributed by atoms with E-state index in [1.807, 2.05) is 48.1 Å². The number of benzene rings is 1. The van der Waals surface area contributed by atoms with E-state index in [1.54, 1.807) is 17.1 Å². The Bertz CT molecular complexity index is 790. The summed E-state index contributed by atoms with van der Waals surface area (Å²) >= 11 is 0. The first-order valence-electron chi connectivity index (χ1n) is 7.04. The summed E-state index contributed by atoms with van der Waals surface area (Å²) in [5.74, 6) is -0.902. The van der Waals surface area contributed by atoms with E-state index >= 15 is 0 Å². The van der Waals surface area contributed by atoms with Crippen molar-refractivity contribution in [2.45, 2.75) is 20.0 Å². The van der Waals surface area contributed by atoms with Gasteiger partial charge < -0.3 is 9.67 Å². The maximum absolute atomic E-state index is 11.1. The summed E-state index contributed by atoms with van der Waals surface area (Å²) in [6, 6.07) is 9.73. The number of nitrogens with zero attached hydrogens (tertiary/aromatic N) is 4. The number of rotatable bonds is 5. The second-order valence-corrected chi connectivity index (χ2v) is 4.91. The molecule has 0 aliphatic carbocycles. The van der Waals surface area contributed by atoms with Crippen LogP contribution >= 0.6 is 0 Å². The topological polar surface area (TPSA) is 72.9 Å². The molecule has 0 spiro atoms. The first-order valence-corrected chi connectivity index (χ1v) is 7.04. The van der Waals surface area contributed by atoms with Gasteiger partial charge in [0.25, 0.3) is 0 Å². The van der Waals surface area contributed by atoms with Crippen LogP contribution in [-0.4, -0.2) is 30.4 Å². The van der Waals surface area contributed by atoms with E-state index in [2.05, 4.69) is 10.1 Å². The maximum Gasteiger partial charge on any atom is 0.323 e. The van der Waals surface area contributed by atoms with Crippen molar-refractivity contribution in [2.75, 3.05) is 0 Å². The molecule has 0 aliphatic heterocycles. The van der Waals surface area contributed by atoms with Crippen molar-refractivity contribution in [3.8, 4) is 22.5 Å². The molecular formula is C16H16N4O2. The summed E-state index contributed by atoms with van der Waals surface area (Å²) in [6.07, 6.45) is 5.21. The van der Waals surface area contributed by atoms with Crippen LogP contribution in [0.1, 0.15) is 6.92 Å². The third kappa shape index (κ3) is 2.63. The van der Waals surface area contributed by atoms with Gasteiger partial charge in [-0.3, -0.25) is 9.48 Å². The van der Waals surface area contributed by atoms with E-state index in [9.17, 15) is 4.79 Å². The fourth-order valence-electron chi connectivity index (χ4n) is 2.42.